The molecule has 3 heteroatoms. The van der Waals surface area contributed by atoms with Crippen LogP contribution in [0.3, 0.4) is 0 Å². The van der Waals surface area contributed by atoms with Gasteiger partial charge in [0.2, 0.25) is 0 Å². The van der Waals surface area contributed by atoms with Gasteiger partial charge in [0.1, 0.15) is 12.4 Å². The Kier molecular flexibility index (Phi) is 3.01. The monoisotopic (exact) mass is 156 g/mol. The van der Waals surface area contributed by atoms with Gasteiger partial charge in [-0.3, -0.25) is 0 Å². The molecule has 0 fully saturated rings. The van der Waals surface area contributed by atoms with E-state index >= 15 is 0 Å². The van der Waals surface area contributed by atoms with Crippen LogP contribution in [-0.4, -0.2) is 7.11 Å². The smallest absolute Gasteiger partial charge is 0.123 e. The Labute approximate surface area is 64.5 Å². The lowest BCUT2D eigenvalue weighted by Crippen LogP contribution is -1.90. The number of halogens is 1. The Morgan fingerprint density at radius 2 is 1.91 bits per heavy atom. The van der Waals surface area contributed by atoms with E-state index in [4.69, 9.17) is 0 Å². The van der Waals surface area contributed by atoms with Crippen molar-refractivity contribution < 1.29 is 14.2 Å². The van der Waals surface area contributed by atoms with Gasteiger partial charge in [-0.2, -0.15) is 0 Å². The molecule has 0 N–H and O–H groups in total. The van der Waals surface area contributed by atoms with E-state index in [0.717, 1.165) is 5.56 Å². The predicted octanol–water partition coefficient (Wildman–Crippen LogP) is 1.90. The third kappa shape index (κ3) is 2.65. The molecule has 0 atom stereocenters. The summed E-state index contributed by atoms with van der Waals surface area (Å²) in [5.41, 5.74) is 0.883. The molecule has 0 bridgehead atoms. The summed E-state index contributed by atoms with van der Waals surface area (Å²) in [6, 6.07) is 6.06. The van der Waals surface area contributed by atoms with E-state index in [1.54, 1.807) is 12.1 Å². The summed E-state index contributed by atoms with van der Waals surface area (Å²) in [6.45, 7) is 0.344. The number of hydrogen-bond donors (Lipinski definition) is 0. The van der Waals surface area contributed by atoms with Gasteiger partial charge >= 0.3 is 0 Å². The molecular weight excluding hydrogens is 147 g/mol. The van der Waals surface area contributed by atoms with Crippen LogP contribution in [-0.2, 0) is 16.4 Å². The van der Waals surface area contributed by atoms with Gasteiger partial charge in [0.05, 0.1) is 7.11 Å². The molecule has 0 saturated heterocycles. The molecule has 2 nitrogen and oxygen atoms in total. The minimum atomic E-state index is -0.244. The lowest BCUT2D eigenvalue weighted by Gasteiger charge is -1.98. The van der Waals surface area contributed by atoms with Crippen molar-refractivity contribution in [1.82, 2.24) is 0 Å². The fraction of sp³-hybridized carbons (Fsp3) is 0.250. The second-order valence-corrected chi connectivity index (χ2v) is 2.06. The van der Waals surface area contributed by atoms with Crippen molar-refractivity contribution in [3.05, 3.63) is 35.6 Å². The molecule has 0 radical (unpaired) electrons. The minimum Gasteiger partial charge on any atom is -0.240 e. The fourth-order valence-corrected chi connectivity index (χ4v) is 0.708. The Balaban J connectivity index is 2.52. The third-order valence-electron chi connectivity index (χ3n) is 1.26. The second kappa shape index (κ2) is 4.05. The first kappa shape index (κ1) is 8.17. The molecule has 0 heterocycles. The minimum absolute atomic E-state index is 0.244. The highest BCUT2D eigenvalue weighted by molar-refractivity contribution is 5.14. The molecule has 0 aliphatic heterocycles. The first-order valence-electron chi connectivity index (χ1n) is 3.23. The zero-order valence-electron chi connectivity index (χ0n) is 6.21. The first-order valence-corrected chi connectivity index (χ1v) is 3.23. The van der Waals surface area contributed by atoms with Crippen LogP contribution < -0.4 is 0 Å². The van der Waals surface area contributed by atoms with Gasteiger partial charge in [-0.25, -0.2) is 14.2 Å². The summed E-state index contributed by atoms with van der Waals surface area (Å²) in [6.07, 6.45) is 0. The van der Waals surface area contributed by atoms with Crippen LogP contribution in [0.1, 0.15) is 5.56 Å². The van der Waals surface area contributed by atoms with Crippen molar-refractivity contribution in [1.29, 1.82) is 0 Å². The van der Waals surface area contributed by atoms with E-state index in [1.165, 1.54) is 19.2 Å². The Morgan fingerprint density at radius 1 is 1.27 bits per heavy atom. The molecule has 0 spiro atoms. The third-order valence-corrected chi connectivity index (χ3v) is 1.26. The van der Waals surface area contributed by atoms with Gasteiger partial charge in [0.25, 0.3) is 0 Å². The van der Waals surface area contributed by atoms with Gasteiger partial charge in [0, 0.05) is 0 Å². The van der Waals surface area contributed by atoms with E-state index in [2.05, 4.69) is 9.78 Å². The summed E-state index contributed by atoms with van der Waals surface area (Å²) >= 11 is 0. The van der Waals surface area contributed by atoms with Gasteiger partial charge in [0.15, 0.2) is 0 Å². The SMILES string of the molecule is COOCc1ccc(F)cc1. The lowest BCUT2D eigenvalue weighted by atomic mass is 10.2. The summed E-state index contributed by atoms with van der Waals surface area (Å²) < 4.78 is 12.3. The molecule has 1 aromatic rings. The van der Waals surface area contributed by atoms with Gasteiger partial charge in [-0.1, -0.05) is 12.1 Å². The van der Waals surface area contributed by atoms with Crippen LogP contribution in [0.4, 0.5) is 4.39 Å². The van der Waals surface area contributed by atoms with Crippen molar-refractivity contribution in [2.24, 2.45) is 0 Å². The van der Waals surface area contributed by atoms with E-state index in [9.17, 15) is 4.39 Å². The number of rotatable bonds is 3. The van der Waals surface area contributed by atoms with Crippen LogP contribution in [0.5, 0.6) is 0 Å². The fourth-order valence-electron chi connectivity index (χ4n) is 0.708. The van der Waals surface area contributed by atoms with E-state index in [-0.39, 0.29) is 5.82 Å². The average Bonchev–Trinajstić information content (AvgIpc) is 2.04. The predicted molar refractivity (Wildman–Crippen MR) is 38.2 cm³/mol. The standard InChI is InChI=1S/C8H9FO2/c1-10-11-6-7-2-4-8(9)5-3-7/h2-5H,6H2,1H3. The Morgan fingerprint density at radius 3 is 2.45 bits per heavy atom. The van der Waals surface area contributed by atoms with Crippen LogP contribution in [0.25, 0.3) is 0 Å². The van der Waals surface area contributed by atoms with Crippen molar-refractivity contribution in [2.75, 3.05) is 7.11 Å². The molecule has 0 aromatic heterocycles. The van der Waals surface area contributed by atoms with Crippen LogP contribution in [0.2, 0.25) is 0 Å². The van der Waals surface area contributed by atoms with Crippen molar-refractivity contribution in [3.8, 4) is 0 Å². The highest BCUT2D eigenvalue weighted by Gasteiger charge is 1.92. The summed E-state index contributed by atoms with van der Waals surface area (Å²) in [5, 5.41) is 0. The lowest BCUT2D eigenvalue weighted by molar-refractivity contribution is -0.282. The summed E-state index contributed by atoms with van der Waals surface area (Å²) in [4.78, 5) is 9.02. The number of hydrogen-bond acceptors (Lipinski definition) is 2. The van der Waals surface area contributed by atoms with Gasteiger partial charge < -0.3 is 0 Å². The van der Waals surface area contributed by atoms with E-state index in [0.29, 0.717) is 6.61 Å². The topological polar surface area (TPSA) is 18.5 Å². The molecule has 1 rings (SSSR count). The largest absolute Gasteiger partial charge is 0.240 e. The van der Waals surface area contributed by atoms with Crippen LogP contribution >= 0.6 is 0 Å². The molecule has 0 aliphatic carbocycles. The second-order valence-electron chi connectivity index (χ2n) is 2.06. The molecule has 0 amide bonds. The Hall–Kier alpha value is -0.930. The average molecular weight is 156 g/mol. The number of benzene rings is 1. The van der Waals surface area contributed by atoms with E-state index in [1.807, 2.05) is 0 Å². The molecule has 1 aromatic carbocycles. The zero-order valence-corrected chi connectivity index (χ0v) is 6.21. The normalized spacial score (nSPS) is 10.0. The highest BCUT2D eigenvalue weighted by Crippen LogP contribution is 2.03. The molecule has 0 aliphatic rings. The first-order chi connectivity index (χ1) is 5.33. The van der Waals surface area contributed by atoms with Crippen molar-refractivity contribution in [3.63, 3.8) is 0 Å². The molecule has 0 saturated carbocycles. The van der Waals surface area contributed by atoms with E-state index < -0.39 is 0 Å². The van der Waals surface area contributed by atoms with Crippen molar-refractivity contribution in [2.45, 2.75) is 6.61 Å². The summed E-state index contributed by atoms with van der Waals surface area (Å²) in [7, 11) is 1.43. The van der Waals surface area contributed by atoms with Crippen LogP contribution in [0, 0.1) is 5.82 Å². The maximum absolute atomic E-state index is 12.3. The highest BCUT2D eigenvalue weighted by atomic mass is 19.1. The van der Waals surface area contributed by atoms with Crippen molar-refractivity contribution >= 4 is 0 Å². The molecule has 60 valence electrons. The molecular formula is C8H9FO2. The Bertz CT molecular complexity index is 208. The summed E-state index contributed by atoms with van der Waals surface area (Å²) in [5.74, 6) is -0.244. The maximum atomic E-state index is 12.3. The van der Waals surface area contributed by atoms with Gasteiger partial charge in [-0.15, -0.1) is 0 Å². The van der Waals surface area contributed by atoms with Gasteiger partial charge in [-0.05, 0) is 17.7 Å². The van der Waals surface area contributed by atoms with Crippen LogP contribution in [0.15, 0.2) is 24.3 Å². The zero-order chi connectivity index (χ0) is 8.10. The molecule has 0 unspecified atom stereocenters. The maximum Gasteiger partial charge on any atom is 0.123 e. The molecule has 11 heavy (non-hydrogen) atoms. The quantitative estimate of drug-likeness (QED) is 0.491.